The largest absolute Gasteiger partial charge is 0.444 e. The number of para-hydroxylation sites is 1. The minimum atomic E-state index is -0.604. The van der Waals surface area contributed by atoms with Crippen LogP contribution in [-0.4, -0.2) is 30.1 Å². The zero-order chi connectivity index (χ0) is 23.6. The lowest BCUT2D eigenvalue weighted by atomic mass is 10.1. The van der Waals surface area contributed by atoms with Gasteiger partial charge in [0.15, 0.2) is 0 Å². The summed E-state index contributed by atoms with van der Waals surface area (Å²) in [7, 11) is 0. The fourth-order valence-corrected chi connectivity index (χ4v) is 2.63. The van der Waals surface area contributed by atoms with Crippen molar-refractivity contribution in [2.75, 3.05) is 11.9 Å². The summed E-state index contributed by atoms with van der Waals surface area (Å²) in [5.41, 5.74) is 1.23. The summed E-state index contributed by atoms with van der Waals surface area (Å²) < 4.78 is 18.3. The topological polar surface area (TPSA) is 96.5 Å². The van der Waals surface area contributed by atoms with Crippen LogP contribution in [0.5, 0.6) is 0 Å². The molecular formula is C24H28FN3O4. The monoisotopic (exact) mass is 441 g/mol. The molecule has 0 aromatic heterocycles. The standard InChI is InChI=1S/C24H28FN3O4/c1-24(2,3)32-23(31)26-14-13-21(29)27-16-18-8-4-5-10-20(18)28-22(30)12-11-17-7-6-9-19(25)15-17/h4-12,15H,13-14,16H2,1-3H3,(H,26,31)(H,27,29)(H,28,30)/b12-11+. The van der Waals surface area contributed by atoms with Crippen LogP contribution in [0.1, 0.15) is 38.3 Å². The van der Waals surface area contributed by atoms with Gasteiger partial charge in [0.25, 0.3) is 0 Å². The van der Waals surface area contributed by atoms with E-state index in [0.29, 0.717) is 16.8 Å². The van der Waals surface area contributed by atoms with Crippen molar-refractivity contribution in [1.29, 1.82) is 0 Å². The average molecular weight is 442 g/mol. The molecule has 0 spiro atoms. The molecule has 3 N–H and O–H groups in total. The van der Waals surface area contributed by atoms with Crippen molar-refractivity contribution < 1.29 is 23.5 Å². The van der Waals surface area contributed by atoms with Gasteiger partial charge in [0, 0.05) is 31.3 Å². The molecule has 0 radical (unpaired) electrons. The van der Waals surface area contributed by atoms with Crippen molar-refractivity contribution in [2.24, 2.45) is 0 Å². The van der Waals surface area contributed by atoms with Crippen molar-refractivity contribution in [1.82, 2.24) is 10.6 Å². The smallest absolute Gasteiger partial charge is 0.407 e. The van der Waals surface area contributed by atoms with E-state index in [1.54, 1.807) is 57.2 Å². The average Bonchev–Trinajstić information content (AvgIpc) is 2.70. The molecule has 0 saturated heterocycles. The molecule has 0 heterocycles. The van der Waals surface area contributed by atoms with Crippen LogP contribution in [0, 0.1) is 5.82 Å². The van der Waals surface area contributed by atoms with E-state index in [9.17, 15) is 18.8 Å². The van der Waals surface area contributed by atoms with Gasteiger partial charge in [-0.2, -0.15) is 0 Å². The molecule has 0 saturated carbocycles. The second kappa shape index (κ2) is 11.6. The normalized spacial score (nSPS) is 11.1. The lowest BCUT2D eigenvalue weighted by molar-refractivity contribution is -0.121. The third-order valence-electron chi connectivity index (χ3n) is 4.05. The Hall–Kier alpha value is -3.68. The van der Waals surface area contributed by atoms with Crippen molar-refractivity contribution >= 4 is 29.7 Å². The molecule has 2 rings (SSSR count). The Balaban J connectivity index is 1.83. The lowest BCUT2D eigenvalue weighted by Crippen LogP contribution is -2.35. The summed E-state index contributed by atoms with van der Waals surface area (Å²) in [6, 6.07) is 13.0. The summed E-state index contributed by atoms with van der Waals surface area (Å²) in [5.74, 6) is -1.02. The molecule has 32 heavy (non-hydrogen) atoms. The lowest BCUT2D eigenvalue weighted by Gasteiger charge is -2.19. The highest BCUT2D eigenvalue weighted by Gasteiger charge is 2.16. The first-order valence-corrected chi connectivity index (χ1v) is 10.2. The van der Waals surface area contributed by atoms with Gasteiger partial charge in [-0.05, 0) is 56.2 Å². The highest BCUT2D eigenvalue weighted by Crippen LogP contribution is 2.15. The van der Waals surface area contributed by atoms with Crippen LogP contribution in [0.2, 0.25) is 0 Å². The van der Waals surface area contributed by atoms with E-state index in [1.807, 2.05) is 0 Å². The molecule has 2 aromatic rings. The van der Waals surface area contributed by atoms with Crippen molar-refractivity contribution in [3.8, 4) is 0 Å². The predicted octanol–water partition coefficient (Wildman–Crippen LogP) is 4.01. The molecule has 2 aromatic carbocycles. The van der Waals surface area contributed by atoms with E-state index in [2.05, 4.69) is 16.0 Å². The van der Waals surface area contributed by atoms with Gasteiger partial charge >= 0.3 is 6.09 Å². The molecule has 7 nitrogen and oxygen atoms in total. The van der Waals surface area contributed by atoms with Crippen LogP contribution < -0.4 is 16.0 Å². The van der Waals surface area contributed by atoms with Crippen molar-refractivity contribution in [2.45, 2.75) is 39.3 Å². The fraction of sp³-hybridized carbons (Fsp3) is 0.292. The maximum absolute atomic E-state index is 13.2. The highest BCUT2D eigenvalue weighted by molar-refractivity contribution is 6.02. The molecule has 0 unspecified atom stereocenters. The van der Waals surface area contributed by atoms with E-state index < -0.39 is 11.7 Å². The molecule has 8 heteroatoms. The van der Waals surface area contributed by atoms with Gasteiger partial charge in [0.1, 0.15) is 11.4 Å². The summed E-state index contributed by atoms with van der Waals surface area (Å²) in [5, 5.41) is 8.04. The Morgan fingerprint density at radius 1 is 1.03 bits per heavy atom. The van der Waals surface area contributed by atoms with E-state index in [4.69, 9.17) is 4.74 Å². The summed E-state index contributed by atoms with van der Waals surface area (Å²) in [6.07, 6.45) is 2.33. The predicted molar refractivity (Wildman–Crippen MR) is 121 cm³/mol. The molecule has 0 aliphatic rings. The summed E-state index contributed by atoms with van der Waals surface area (Å²) >= 11 is 0. The molecule has 0 aliphatic carbocycles. The van der Waals surface area contributed by atoms with Gasteiger partial charge in [-0.15, -0.1) is 0 Å². The van der Waals surface area contributed by atoms with Gasteiger partial charge in [-0.25, -0.2) is 9.18 Å². The first-order chi connectivity index (χ1) is 15.1. The van der Waals surface area contributed by atoms with Gasteiger partial charge in [-0.1, -0.05) is 30.3 Å². The number of anilines is 1. The van der Waals surface area contributed by atoms with Gasteiger partial charge in [-0.3, -0.25) is 9.59 Å². The Morgan fingerprint density at radius 3 is 2.50 bits per heavy atom. The van der Waals surface area contributed by atoms with Crippen LogP contribution in [0.15, 0.2) is 54.6 Å². The number of benzene rings is 2. The summed E-state index contributed by atoms with van der Waals surface area (Å²) in [4.78, 5) is 35.9. The van der Waals surface area contributed by atoms with Crippen molar-refractivity contribution in [3.63, 3.8) is 0 Å². The number of amides is 3. The maximum Gasteiger partial charge on any atom is 0.407 e. The van der Waals surface area contributed by atoms with Crippen LogP contribution in [-0.2, 0) is 20.9 Å². The van der Waals surface area contributed by atoms with Crippen LogP contribution in [0.4, 0.5) is 14.9 Å². The zero-order valence-corrected chi connectivity index (χ0v) is 18.4. The Bertz CT molecular complexity index is 983. The number of hydrogen-bond acceptors (Lipinski definition) is 4. The maximum atomic E-state index is 13.2. The number of ether oxygens (including phenoxy) is 1. The van der Waals surface area contributed by atoms with Gasteiger partial charge in [0.2, 0.25) is 11.8 Å². The number of carbonyl (C=O) groups is 3. The molecule has 3 amide bonds. The Morgan fingerprint density at radius 2 is 1.78 bits per heavy atom. The first kappa shape index (κ1) is 24.6. The summed E-state index contributed by atoms with van der Waals surface area (Å²) in [6.45, 7) is 5.62. The van der Waals surface area contributed by atoms with Crippen LogP contribution in [0.3, 0.4) is 0 Å². The molecular weight excluding hydrogens is 413 g/mol. The highest BCUT2D eigenvalue weighted by atomic mass is 19.1. The third kappa shape index (κ3) is 9.42. The van der Waals surface area contributed by atoms with E-state index in [1.165, 1.54) is 24.3 Å². The van der Waals surface area contributed by atoms with Gasteiger partial charge < -0.3 is 20.7 Å². The Kier molecular flexibility index (Phi) is 8.95. The van der Waals surface area contributed by atoms with Crippen LogP contribution >= 0.6 is 0 Å². The quantitative estimate of drug-likeness (QED) is 0.540. The van der Waals surface area contributed by atoms with Crippen LogP contribution in [0.25, 0.3) is 6.08 Å². The van der Waals surface area contributed by atoms with E-state index >= 15 is 0 Å². The number of carbonyl (C=O) groups excluding carboxylic acids is 3. The van der Waals surface area contributed by atoms with E-state index in [0.717, 1.165) is 0 Å². The fourth-order valence-electron chi connectivity index (χ4n) is 2.63. The minimum Gasteiger partial charge on any atom is -0.444 e. The molecule has 0 aliphatic heterocycles. The number of alkyl carbamates (subject to hydrolysis) is 1. The molecule has 0 fully saturated rings. The number of hydrogen-bond donors (Lipinski definition) is 3. The number of nitrogens with one attached hydrogen (secondary N) is 3. The molecule has 0 bridgehead atoms. The SMILES string of the molecule is CC(C)(C)OC(=O)NCCC(=O)NCc1ccccc1NC(=O)/C=C/c1cccc(F)c1. The number of halogens is 1. The number of rotatable bonds is 8. The second-order valence-corrected chi connectivity index (χ2v) is 7.99. The Labute approximate surface area is 187 Å². The third-order valence-corrected chi connectivity index (χ3v) is 4.05. The zero-order valence-electron chi connectivity index (χ0n) is 18.4. The van der Waals surface area contributed by atoms with E-state index in [-0.39, 0.29) is 37.1 Å². The first-order valence-electron chi connectivity index (χ1n) is 10.2. The second-order valence-electron chi connectivity index (χ2n) is 7.99. The van der Waals surface area contributed by atoms with Gasteiger partial charge in [0.05, 0.1) is 0 Å². The van der Waals surface area contributed by atoms with Crippen molar-refractivity contribution in [3.05, 3.63) is 71.6 Å². The molecule has 0 atom stereocenters. The minimum absolute atomic E-state index is 0.0874. The molecule has 170 valence electrons.